The highest BCUT2D eigenvalue weighted by molar-refractivity contribution is 5.88. The van der Waals surface area contributed by atoms with E-state index in [9.17, 15) is 0 Å². The molecule has 2 unspecified atom stereocenters. The molecular weight excluding hydrogens is 651 g/mol. The summed E-state index contributed by atoms with van der Waals surface area (Å²) in [4.78, 5) is 2.56. The van der Waals surface area contributed by atoms with Gasteiger partial charge in [-0.2, -0.15) is 0 Å². The molecule has 0 N–H and O–H groups in total. The Morgan fingerprint density at radius 3 is 1.39 bits per heavy atom. The van der Waals surface area contributed by atoms with Crippen LogP contribution in [0.4, 0.5) is 11.4 Å². The monoisotopic (exact) mass is 689 g/mol. The smallest absolute Gasteiger partial charge is 0.0706 e. The lowest BCUT2D eigenvalue weighted by Gasteiger charge is -2.34. The van der Waals surface area contributed by atoms with Crippen LogP contribution in [0.1, 0.15) is 6.42 Å². The average molecular weight is 690 g/mol. The van der Waals surface area contributed by atoms with E-state index in [1.165, 1.54) is 77.8 Å². The van der Waals surface area contributed by atoms with E-state index >= 15 is 0 Å². The largest absolute Gasteiger partial charge is 0.331 e. The summed E-state index contributed by atoms with van der Waals surface area (Å²) in [6, 6.07) is 71.0. The van der Waals surface area contributed by atoms with Crippen LogP contribution in [0.2, 0.25) is 0 Å². The summed E-state index contributed by atoms with van der Waals surface area (Å²) in [5.74, 6) is 0.497. The van der Waals surface area contributed by atoms with Crippen LogP contribution in [-0.4, -0.2) is 5.54 Å². The van der Waals surface area contributed by atoms with Crippen LogP contribution in [0, 0.1) is 5.92 Å². The Bertz CT molecular complexity index is 2610. The molecule has 10 rings (SSSR count). The Balaban J connectivity index is 0.990. The molecule has 0 aliphatic heterocycles. The zero-order valence-electron chi connectivity index (χ0n) is 30.0. The fourth-order valence-electron chi connectivity index (χ4n) is 8.34. The standard InChI is InChI=1S/C53H39N/c1-3-12-38(13-4-1)47-34-48(39-14-5-2-6-15-39)36-49(35-47)42-25-29-52(30-26-42)54(53-31-10-9-20-50(53)37-53)51-27-23-41(24-28-51)44-18-11-19-45(32-44)46-22-21-40-16-7-8-17-43(40)33-46/h1-36,50H,37H2. The molecule has 1 saturated carbocycles. The number of fused-ring (bicyclic) bond motifs is 2. The van der Waals surface area contributed by atoms with Crippen molar-refractivity contribution < 1.29 is 0 Å². The van der Waals surface area contributed by atoms with Crippen molar-refractivity contribution in [2.24, 2.45) is 5.92 Å². The molecule has 0 amide bonds. The van der Waals surface area contributed by atoms with Crippen LogP contribution in [0.5, 0.6) is 0 Å². The second-order valence-electron chi connectivity index (χ2n) is 14.6. The third-order valence-corrected chi connectivity index (χ3v) is 11.3. The van der Waals surface area contributed by atoms with E-state index in [4.69, 9.17) is 0 Å². The van der Waals surface area contributed by atoms with Crippen molar-refractivity contribution >= 4 is 22.1 Å². The van der Waals surface area contributed by atoms with Gasteiger partial charge in [0.25, 0.3) is 0 Å². The fourth-order valence-corrected chi connectivity index (χ4v) is 8.34. The summed E-state index contributed by atoms with van der Waals surface area (Å²) in [5.41, 5.74) is 14.6. The molecule has 2 atom stereocenters. The first-order valence-electron chi connectivity index (χ1n) is 18.9. The minimum atomic E-state index is -0.0541. The van der Waals surface area contributed by atoms with Gasteiger partial charge in [-0.15, -0.1) is 0 Å². The van der Waals surface area contributed by atoms with Gasteiger partial charge in [-0.05, 0) is 127 Å². The van der Waals surface area contributed by atoms with Crippen molar-refractivity contribution in [3.8, 4) is 55.6 Å². The molecule has 0 heterocycles. The molecule has 8 aromatic rings. The van der Waals surface area contributed by atoms with E-state index in [0.717, 1.165) is 6.42 Å². The molecule has 0 bridgehead atoms. The number of anilines is 2. The second-order valence-corrected chi connectivity index (χ2v) is 14.6. The van der Waals surface area contributed by atoms with Crippen LogP contribution in [-0.2, 0) is 0 Å². The van der Waals surface area contributed by atoms with Gasteiger partial charge in [-0.3, -0.25) is 0 Å². The van der Waals surface area contributed by atoms with E-state index in [2.05, 4.69) is 223 Å². The SMILES string of the molecule is C1=CC2CC2(N(c2ccc(-c3cccc(-c4ccc5ccccc5c4)c3)cc2)c2ccc(-c3cc(-c4ccccc4)cc(-c4ccccc4)c3)cc2)C=C1. The van der Waals surface area contributed by atoms with Gasteiger partial charge in [0, 0.05) is 17.3 Å². The fraction of sp³-hybridized carbons (Fsp3) is 0.0566. The van der Waals surface area contributed by atoms with Crippen molar-refractivity contribution in [3.63, 3.8) is 0 Å². The Kier molecular flexibility index (Phi) is 7.92. The lowest BCUT2D eigenvalue weighted by atomic mass is 9.93. The number of benzene rings is 8. The maximum Gasteiger partial charge on any atom is 0.0706 e. The molecule has 2 aliphatic rings. The number of hydrogen-bond donors (Lipinski definition) is 0. The topological polar surface area (TPSA) is 3.24 Å². The highest BCUT2D eigenvalue weighted by Gasteiger charge is 2.56. The predicted octanol–water partition coefficient (Wildman–Crippen LogP) is 14.2. The Morgan fingerprint density at radius 1 is 0.352 bits per heavy atom. The van der Waals surface area contributed by atoms with Gasteiger partial charge in [-0.1, -0.05) is 164 Å². The minimum absolute atomic E-state index is 0.0541. The van der Waals surface area contributed by atoms with E-state index in [0.29, 0.717) is 5.92 Å². The summed E-state index contributed by atoms with van der Waals surface area (Å²) in [7, 11) is 0. The summed E-state index contributed by atoms with van der Waals surface area (Å²) in [5, 5.41) is 2.53. The first kappa shape index (κ1) is 32.0. The Hall–Kier alpha value is -6.70. The molecule has 0 saturated heterocycles. The van der Waals surface area contributed by atoms with E-state index in [-0.39, 0.29) is 5.54 Å². The zero-order valence-corrected chi connectivity index (χ0v) is 30.0. The lowest BCUT2D eigenvalue weighted by Crippen LogP contribution is -2.34. The molecule has 0 spiro atoms. The molecule has 1 fully saturated rings. The van der Waals surface area contributed by atoms with Crippen LogP contribution in [0.3, 0.4) is 0 Å². The molecule has 1 nitrogen and oxygen atoms in total. The first-order chi connectivity index (χ1) is 26.7. The van der Waals surface area contributed by atoms with Gasteiger partial charge in [0.1, 0.15) is 0 Å². The molecular formula is C53H39N. The van der Waals surface area contributed by atoms with Crippen molar-refractivity contribution in [1.29, 1.82) is 0 Å². The maximum absolute atomic E-state index is 2.56. The lowest BCUT2D eigenvalue weighted by molar-refractivity contribution is 0.752. The van der Waals surface area contributed by atoms with Crippen molar-refractivity contribution in [1.82, 2.24) is 0 Å². The molecule has 2 aliphatic carbocycles. The van der Waals surface area contributed by atoms with Gasteiger partial charge < -0.3 is 4.90 Å². The highest BCUT2D eigenvalue weighted by Crippen LogP contribution is 2.56. The molecule has 8 aromatic carbocycles. The Morgan fingerprint density at radius 2 is 0.796 bits per heavy atom. The van der Waals surface area contributed by atoms with Crippen LogP contribution in [0.25, 0.3) is 66.4 Å². The number of nitrogens with zero attached hydrogens (tertiary/aromatic N) is 1. The summed E-state index contributed by atoms with van der Waals surface area (Å²) < 4.78 is 0. The van der Waals surface area contributed by atoms with Gasteiger partial charge >= 0.3 is 0 Å². The van der Waals surface area contributed by atoms with Crippen molar-refractivity contribution in [2.45, 2.75) is 12.0 Å². The van der Waals surface area contributed by atoms with Crippen LogP contribution < -0.4 is 4.90 Å². The van der Waals surface area contributed by atoms with Gasteiger partial charge in [-0.25, -0.2) is 0 Å². The predicted molar refractivity (Wildman–Crippen MR) is 229 cm³/mol. The molecule has 54 heavy (non-hydrogen) atoms. The summed E-state index contributed by atoms with van der Waals surface area (Å²) >= 11 is 0. The minimum Gasteiger partial charge on any atom is -0.331 e. The molecule has 1 heteroatoms. The van der Waals surface area contributed by atoms with E-state index in [1.54, 1.807) is 0 Å². The normalized spacial score (nSPS) is 16.9. The first-order valence-corrected chi connectivity index (χ1v) is 18.9. The van der Waals surface area contributed by atoms with Crippen LogP contribution >= 0.6 is 0 Å². The molecule has 256 valence electrons. The quantitative estimate of drug-likeness (QED) is 0.153. The van der Waals surface area contributed by atoms with E-state index in [1.807, 2.05) is 0 Å². The number of hydrogen-bond acceptors (Lipinski definition) is 1. The van der Waals surface area contributed by atoms with E-state index < -0.39 is 0 Å². The van der Waals surface area contributed by atoms with Gasteiger partial charge in [0.2, 0.25) is 0 Å². The van der Waals surface area contributed by atoms with Gasteiger partial charge in [0.15, 0.2) is 0 Å². The average Bonchev–Trinajstić information content (AvgIpc) is 4.00. The molecule has 0 aromatic heterocycles. The van der Waals surface area contributed by atoms with Crippen molar-refractivity contribution in [2.75, 3.05) is 4.90 Å². The zero-order chi connectivity index (χ0) is 35.9. The molecule has 0 radical (unpaired) electrons. The number of rotatable bonds is 8. The Labute approximate surface area is 317 Å². The summed E-state index contributed by atoms with van der Waals surface area (Å²) in [6.07, 6.45) is 10.3. The number of allylic oxidation sites excluding steroid dienone is 2. The van der Waals surface area contributed by atoms with Crippen molar-refractivity contribution in [3.05, 3.63) is 218 Å². The van der Waals surface area contributed by atoms with Crippen LogP contribution in [0.15, 0.2) is 218 Å². The second kappa shape index (κ2) is 13.4. The highest BCUT2D eigenvalue weighted by atomic mass is 15.2. The maximum atomic E-state index is 2.56. The summed E-state index contributed by atoms with van der Waals surface area (Å²) in [6.45, 7) is 0. The third kappa shape index (κ3) is 5.94. The van der Waals surface area contributed by atoms with Gasteiger partial charge in [0.05, 0.1) is 5.54 Å². The third-order valence-electron chi connectivity index (χ3n) is 11.3.